The molecule has 0 unspecified atom stereocenters. The van der Waals surface area contributed by atoms with Crippen LogP contribution in [0.5, 0.6) is 0 Å². The molecule has 0 bridgehead atoms. The Kier molecular flexibility index (Phi) is 257. The zero-order valence-corrected chi connectivity index (χ0v) is 107. The van der Waals surface area contributed by atoms with E-state index in [0.717, 1.165) is 0 Å². The van der Waals surface area contributed by atoms with Crippen molar-refractivity contribution in [2.24, 2.45) is 0 Å². The standard InChI is InChI=1S/14C10H22/c14*1-3-5-7-9-10-8-6-4-2/h14*3-10H2,1-2H3. The van der Waals surface area contributed by atoms with E-state index in [2.05, 4.69) is 194 Å². The number of hydrogen-bond donors (Lipinski definition) is 0. The summed E-state index contributed by atoms with van der Waals surface area (Å²) in [6.07, 6.45) is 160. The number of rotatable bonds is 98. The Morgan fingerprint density at radius 2 is 0.0571 bits per heavy atom. The highest BCUT2D eigenvalue weighted by Gasteiger charge is 1.99. The number of hydrogen-bond acceptors (Lipinski definition) is 0. The third-order valence-electron chi connectivity index (χ3n) is 27.4. The molecule has 0 saturated heterocycles. The molecule has 0 aromatic rings. The summed E-state index contributed by atoms with van der Waals surface area (Å²) < 4.78 is 0. The maximum absolute atomic E-state index is 2.27. The van der Waals surface area contributed by atoms with Gasteiger partial charge in [0, 0.05) is 0 Å². The van der Waals surface area contributed by atoms with Gasteiger partial charge in [0.05, 0.1) is 0 Å². The van der Waals surface area contributed by atoms with Crippen LogP contribution in [0.25, 0.3) is 0 Å². The molecule has 0 heterocycles. The Morgan fingerprint density at radius 3 is 0.0786 bits per heavy atom. The van der Waals surface area contributed by atoms with E-state index in [-0.39, 0.29) is 0 Å². The second kappa shape index (κ2) is 211. The van der Waals surface area contributed by atoms with Crippen LogP contribution in [0.4, 0.5) is 0 Å². The normalized spacial score (nSPS) is 10.2. The molecule has 0 spiro atoms. The summed E-state index contributed by atoms with van der Waals surface area (Å²) in [5.74, 6) is 0. The van der Waals surface area contributed by atoms with Crippen LogP contribution in [0.1, 0.15) is 913 Å². The third-order valence-corrected chi connectivity index (χ3v) is 27.4. The molecule has 0 atom stereocenters. The van der Waals surface area contributed by atoms with Gasteiger partial charge in [0.15, 0.2) is 0 Å². The van der Waals surface area contributed by atoms with Crippen molar-refractivity contribution in [2.45, 2.75) is 913 Å². The lowest BCUT2D eigenvalue weighted by Gasteiger charge is -1.97. The van der Waals surface area contributed by atoms with Gasteiger partial charge in [-0.2, -0.15) is 0 Å². The van der Waals surface area contributed by atoms with Crippen LogP contribution < -0.4 is 0 Å². The molecule has 0 radical (unpaired) electrons. The first-order valence-corrected chi connectivity index (χ1v) is 68.8. The Hall–Kier alpha value is 0. The predicted molar refractivity (Wildman–Crippen MR) is 676 cm³/mol. The van der Waals surface area contributed by atoms with E-state index < -0.39 is 0 Å². The van der Waals surface area contributed by atoms with E-state index in [1.807, 2.05) is 0 Å². The van der Waals surface area contributed by atoms with Gasteiger partial charge in [0.25, 0.3) is 0 Å². The summed E-state index contributed by atoms with van der Waals surface area (Å²) in [4.78, 5) is 0. The molecule has 0 nitrogen and oxygen atoms in total. The first-order chi connectivity index (χ1) is 68.8. The van der Waals surface area contributed by atoms with Crippen molar-refractivity contribution < 1.29 is 0 Å². The van der Waals surface area contributed by atoms with Gasteiger partial charge in [0.1, 0.15) is 0 Å². The second-order valence-electron chi connectivity index (χ2n) is 43.7. The molecule has 0 heteroatoms. The minimum absolute atomic E-state index is 1.37. The molecule has 0 rings (SSSR count). The molecular formula is C140H308. The average Bonchev–Trinajstić information content (AvgIpc) is 1.26. The van der Waals surface area contributed by atoms with E-state index in [9.17, 15) is 0 Å². The van der Waals surface area contributed by atoms with Crippen LogP contribution in [0.15, 0.2) is 0 Å². The van der Waals surface area contributed by atoms with E-state index >= 15 is 0 Å². The largest absolute Gasteiger partial charge is 0.0654 e. The third kappa shape index (κ3) is 270. The van der Waals surface area contributed by atoms with Crippen molar-refractivity contribution in [2.75, 3.05) is 0 Å². The van der Waals surface area contributed by atoms with Crippen molar-refractivity contribution in [3.05, 3.63) is 0 Å². The maximum Gasteiger partial charge on any atom is -0.0533 e. The van der Waals surface area contributed by atoms with Crippen molar-refractivity contribution in [3.63, 3.8) is 0 Å². The van der Waals surface area contributed by atoms with E-state index in [1.165, 1.54) is 719 Å². The van der Waals surface area contributed by atoms with Crippen LogP contribution in [0.3, 0.4) is 0 Å². The summed E-state index contributed by atoms with van der Waals surface area (Å²) in [5.41, 5.74) is 0. The summed E-state index contributed by atoms with van der Waals surface area (Å²) in [6, 6.07) is 0. The highest BCUT2D eigenvalue weighted by molar-refractivity contribution is 4.54. The Labute approximate surface area is 907 Å². The molecule has 0 fully saturated rings. The van der Waals surface area contributed by atoms with Gasteiger partial charge >= 0.3 is 0 Å². The Morgan fingerprint density at radius 1 is 0.0357 bits per heavy atom. The molecule has 868 valence electrons. The van der Waals surface area contributed by atoms with Crippen LogP contribution >= 0.6 is 0 Å². The lowest BCUT2D eigenvalue weighted by Crippen LogP contribution is -1.77. The molecule has 0 aromatic carbocycles. The summed E-state index contributed by atoms with van der Waals surface area (Å²) in [6.45, 7) is 63.6. The van der Waals surface area contributed by atoms with Crippen LogP contribution in [-0.2, 0) is 0 Å². The van der Waals surface area contributed by atoms with Gasteiger partial charge in [-0.15, -0.1) is 0 Å². The molecule has 0 N–H and O–H groups in total. The van der Waals surface area contributed by atoms with Crippen LogP contribution in [-0.4, -0.2) is 0 Å². The zero-order chi connectivity index (χ0) is 107. The molecule has 0 saturated carbocycles. The molecule has 140 heavy (non-hydrogen) atoms. The monoisotopic (exact) mass is 1990 g/mol. The number of unbranched alkanes of at least 4 members (excludes halogenated alkanes) is 98. The quantitative estimate of drug-likeness (QED) is 0.0533. The first-order valence-electron chi connectivity index (χ1n) is 68.8. The van der Waals surface area contributed by atoms with E-state index in [1.54, 1.807) is 0 Å². The lowest BCUT2D eigenvalue weighted by atomic mass is 10.1. The van der Waals surface area contributed by atoms with Gasteiger partial charge in [0.2, 0.25) is 0 Å². The fourth-order valence-corrected chi connectivity index (χ4v) is 16.9. The van der Waals surface area contributed by atoms with Crippen molar-refractivity contribution in [3.8, 4) is 0 Å². The zero-order valence-electron chi connectivity index (χ0n) is 107. The first kappa shape index (κ1) is 170. The van der Waals surface area contributed by atoms with Gasteiger partial charge in [-0.25, -0.2) is 0 Å². The lowest BCUT2D eigenvalue weighted by molar-refractivity contribution is 0.585. The molecule has 0 aliphatic heterocycles. The predicted octanol–water partition coefficient (Wildman–Crippen LogP) is 58.1. The molecular weight excluding hydrogens is 1680 g/mol. The Balaban J connectivity index is -0.000000102. The van der Waals surface area contributed by atoms with Crippen molar-refractivity contribution in [1.29, 1.82) is 0 Å². The van der Waals surface area contributed by atoms with Gasteiger partial charge < -0.3 is 0 Å². The van der Waals surface area contributed by atoms with Crippen LogP contribution in [0.2, 0.25) is 0 Å². The van der Waals surface area contributed by atoms with Gasteiger partial charge in [-0.3, -0.25) is 0 Å². The molecule has 0 aliphatic rings. The highest BCUT2D eigenvalue weighted by atomic mass is 14.1. The van der Waals surface area contributed by atoms with Gasteiger partial charge in [-0.1, -0.05) is 913 Å². The molecule has 0 aromatic heterocycles. The second-order valence-corrected chi connectivity index (χ2v) is 43.7. The Bertz CT molecular complexity index is 986. The van der Waals surface area contributed by atoms with Gasteiger partial charge in [-0.05, 0) is 0 Å². The highest BCUT2D eigenvalue weighted by Crippen LogP contribution is 2.19. The molecule has 0 amide bonds. The summed E-state index contributed by atoms with van der Waals surface area (Å²) in [5, 5.41) is 0. The van der Waals surface area contributed by atoms with E-state index in [0.29, 0.717) is 0 Å². The topological polar surface area (TPSA) is 0 Å². The average molecular weight is 1990 g/mol. The SMILES string of the molecule is CCCCCCCCCC.CCCCCCCCCC.CCCCCCCCCC.CCCCCCCCCC.CCCCCCCCCC.CCCCCCCCCC.CCCCCCCCCC.CCCCCCCCCC.CCCCCCCCCC.CCCCCCCCCC.CCCCCCCCCC.CCCCCCCCCC.CCCCCCCCCC.CCCCCCCCCC. The summed E-state index contributed by atoms with van der Waals surface area (Å²) in [7, 11) is 0. The fourth-order valence-electron chi connectivity index (χ4n) is 16.9. The molecule has 0 aliphatic carbocycles. The smallest absolute Gasteiger partial charge is 0.0533 e. The minimum atomic E-state index is 1.37. The van der Waals surface area contributed by atoms with Crippen molar-refractivity contribution in [1.82, 2.24) is 0 Å². The van der Waals surface area contributed by atoms with Crippen molar-refractivity contribution >= 4 is 0 Å². The minimum Gasteiger partial charge on any atom is -0.0654 e. The maximum atomic E-state index is 2.27. The fraction of sp³-hybridized carbons (Fsp3) is 1.00. The van der Waals surface area contributed by atoms with Crippen LogP contribution in [0, 0.1) is 0 Å². The summed E-state index contributed by atoms with van der Waals surface area (Å²) >= 11 is 0. The van der Waals surface area contributed by atoms with E-state index in [4.69, 9.17) is 0 Å².